The van der Waals surface area contributed by atoms with E-state index < -0.39 is 0 Å². The maximum absolute atomic E-state index is 13.0. The van der Waals surface area contributed by atoms with Crippen molar-refractivity contribution in [2.45, 2.75) is 13.8 Å². The lowest BCUT2D eigenvalue weighted by atomic mass is 10.3. The Kier molecular flexibility index (Phi) is 6.23. The molecular formula is C12H17BrClFN2. The molecule has 0 saturated carbocycles. The smallest absolute Gasteiger partial charge is 0.125 e. The van der Waals surface area contributed by atoms with E-state index in [4.69, 9.17) is 11.6 Å². The molecule has 17 heavy (non-hydrogen) atoms. The summed E-state index contributed by atoms with van der Waals surface area (Å²) < 4.78 is 13.7. The molecule has 0 atom stereocenters. The second kappa shape index (κ2) is 7.19. The van der Waals surface area contributed by atoms with Gasteiger partial charge in [-0.15, -0.1) is 0 Å². The predicted octanol–water partition coefficient (Wildman–Crippen LogP) is 4.00. The summed E-state index contributed by atoms with van der Waals surface area (Å²) in [5.41, 5.74) is 0.750. The summed E-state index contributed by atoms with van der Waals surface area (Å²) in [6.45, 7) is 8.03. The molecule has 0 aliphatic rings. The lowest BCUT2D eigenvalue weighted by molar-refractivity contribution is 0.316. The van der Waals surface area contributed by atoms with Crippen molar-refractivity contribution in [1.82, 2.24) is 4.90 Å². The van der Waals surface area contributed by atoms with Gasteiger partial charge >= 0.3 is 0 Å². The summed E-state index contributed by atoms with van der Waals surface area (Å²) in [4.78, 5) is 2.30. The SMILES string of the molecule is CCN(CC)CCNc1c(Cl)cc(F)cc1Br. The molecule has 0 aliphatic heterocycles. The van der Waals surface area contributed by atoms with Gasteiger partial charge in [0.1, 0.15) is 5.82 Å². The van der Waals surface area contributed by atoms with E-state index in [-0.39, 0.29) is 5.82 Å². The van der Waals surface area contributed by atoms with Gasteiger partial charge in [-0.25, -0.2) is 4.39 Å². The Morgan fingerprint density at radius 3 is 2.53 bits per heavy atom. The third-order valence-corrected chi connectivity index (χ3v) is 3.55. The van der Waals surface area contributed by atoms with Crippen LogP contribution in [0.2, 0.25) is 5.02 Å². The number of rotatable bonds is 6. The maximum atomic E-state index is 13.0. The van der Waals surface area contributed by atoms with Crippen molar-refractivity contribution in [2.24, 2.45) is 0 Å². The Hall–Kier alpha value is -0.320. The van der Waals surface area contributed by atoms with Crippen LogP contribution >= 0.6 is 27.5 Å². The summed E-state index contributed by atoms with van der Waals surface area (Å²) in [6, 6.07) is 2.72. The number of hydrogen-bond donors (Lipinski definition) is 1. The predicted molar refractivity (Wildman–Crippen MR) is 75.4 cm³/mol. The topological polar surface area (TPSA) is 15.3 Å². The molecule has 0 aromatic heterocycles. The van der Waals surface area contributed by atoms with E-state index in [0.717, 1.165) is 31.9 Å². The normalized spacial score (nSPS) is 10.9. The molecule has 96 valence electrons. The van der Waals surface area contributed by atoms with Crippen LogP contribution in [0, 0.1) is 5.82 Å². The Bertz CT molecular complexity index is 347. The minimum absolute atomic E-state index is 0.337. The Morgan fingerprint density at radius 1 is 1.35 bits per heavy atom. The molecule has 0 aliphatic carbocycles. The Labute approximate surface area is 115 Å². The van der Waals surface area contributed by atoms with E-state index in [1.165, 1.54) is 12.1 Å². The molecule has 0 unspecified atom stereocenters. The fourth-order valence-corrected chi connectivity index (χ4v) is 2.55. The molecule has 0 bridgehead atoms. The lowest BCUT2D eigenvalue weighted by Crippen LogP contribution is -2.28. The highest BCUT2D eigenvalue weighted by Gasteiger charge is 2.07. The molecule has 0 amide bonds. The van der Waals surface area contributed by atoms with Crippen molar-refractivity contribution in [1.29, 1.82) is 0 Å². The van der Waals surface area contributed by atoms with E-state index >= 15 is 0 Å². The molecule has 1 aromatic rings. The zero-order valence-electron chi connectivity index (χ0n) is 10.1. The minimum atomic E-state index is -0.337. The van der Waals surface area contributed by atoms with Crippen molar-refractivity contribution >= 4 is 33.2 Å². The summed E-state index contributed by atoms with van der Waals surface area (Å²) >= 11 is 9.27. The van der Waals surface area contributed by atoms with Gasteiger partial charge in [-0.3, -0.25) is 0 Å². The molecule has 0 heterocycles. The molecule has 1 aromatic carbocycles. The molecule has 0 radical (unpaired) electrons. The van der Waals surface area contributed by atoms with Crippen LogP contribution in [-0.4, -0.2) is 31.1 Å². The van der Waals surface area contributed by atoms with E-state index in [1.54, 1.807) is 0 Å². The Morgan fingerprint density at radius 2 is 2.00 bits per heavy atom. The van der Waals surface area contributed by atoms with Gasteiger partial charge in [0.05, 0.1) is 10.7 Å². The zero-order chi connectivity index (χ0) is 12.8. The molecule has 1 rings (SSSR count). The van der Waals surface area contributed by atoms with Crippen LogP contribution in [0.3, 0.4) is 0 Å². The van der Waals surface area contributed by atoms with E-state index in [9.17, 15) is 4.39 Å². The fraction of sp³-hybridized carbons (Fsp3) is 0.500. The second-order valence-electron chi connectivity index (χ2n) is 3.70. The highest BCUT2D eigenvalue weighted by Crippen LogP contribution is 2.31. The summed E-state index contributed by atoms with van der Waals surface area (Å²) in [6.07, 6.45) is 0. The number of benzene rings is 1. The first-order valence-corrected chi connectivity index (χ1v) is 6.86. The lowest BCUT2D eigenvalue weighted by Gasteiger charge is -2.19. The maximum Gasteiger partial charge on any atom is 0.125 e. The van der Waals surface area contributed by atoms with Crippen molar-refractivity contribution in [3.05, 3.63) is 27.4 Å². The van der Waals surface area contributed by atoms with Gasteiger partial charge in [0.2, 0.25) is 0 Å². The zero-order valence-corrected chi connectivity index (χ0v) is 12.4. The summed E-state index contributed by atoms with van der Waals surface area (Å²) in [5.74, 6) is -0.337. The number of anilines is 1. The van der Waals surface area contributed by atoms with Gasteiger partial charge in [-0.1, -0.05) is 25.4 Å². The number of likely N-dealkylation sites (N-methyl/N-ethyl adjacent to an activating group) is 1. The van der Waals surface area contributed by atoms with E-state index in [1.807, 2.05) is 0 Å². The molecule has 0 fully saturated rings. The van der Waals surface area contributed by atoms with Gasteiger partial charge in [-0.2, -0.15) is 0 Å². The third-order valence-electron chi connectivity index (χ3n) is 2.63. The van der Waals surface area contributed by atoms with Crippen molar-refractivity contribution in [2.75, 3.05) is 31.5 Å². The quantitative estimate of drug-likeness (QED) is 0.851. The number of hydrogen-bond acceptors (Lipinski definition) is 2. The van der Waals surface area contributed by atoms with Crippen LogP contribution in [0.4, 0.5) is 10.1 Å². The largest absolute Gasteiger partial charge is 0.382 e. The molecule has 0 saturated heterocycles. The summed E-state index contributed by atoms with van der Waals surface area (Å²) in [7, 11) is 0. The Balaban J connectivity index is 2.58. The van der Waals surface area contributed by atoms with Crippen LogP contribution < -0.4 is 5.32 Å². The monoisotopic (exact) mass is 322 g/mol. The van der Waals surface area contributed by atoms with Crippen LogP contribution in [0.5, 0.6) is 0 Å². The van der Waals surface area contributed by atoms with Crippen LogP contribution in [0.1, 0.15) is 13.8 Å². The molecule has 2 nitrogen and oxygen atoms in total. The van der Waals surface area contributed by atoms with Gasteiger partial charge in [0.15, 0.2) is 0 Å². The van der Waals surface area contributed by atoms with Gasteiger partial charge in [0.25, 0.3) is 0 Å². The van der Waals surface area contributed by atoms with Crippen LogP contribution in [0.15, 0.2) is 16.6 Å². The van der Waals surface area contributed by atoms with E-state index in [0.29, 0.717) is 9.50 Å². The van der Waals surface area contributed by atoms with Gasteiger partial charge in [-0.05, 0) is 41.2 Å². The van der Waals surface area contributed by atoms with Gasteiger partial charge in [0, 0.05) is 17.6 Å². The van der Waals surface area contributed by atoms with Crippen LogP contribution in [-0.2, 0) is 0 Å². The van der Waals surface area contributed by atoms with E-state index in [2.05, 4.69) is 40.0 Å². The highest BCUT2D eigenvalue weighted by atomic mass is 79.9. The first kappa shape index (κ1) is 14.7. The summed E-state index contributed by atoms with van der Waals surface area (Å²) in [5, 5.41) is 3.62. The molecular weight excluding hydrogens is 307 g/mol. The average molecular weight is 324 g/mol. The standard InChI is InChI=1S/C12H17BrClFN2/c1-3-17(4-2)6-5-16-12-10(13)7-9(15)8-11(12)14/h7-8,16H,3-6H2,1-2H3. The first-order valence-electron chi connectivity index (χ1n) is 5.69. The second-order valence-corrected chi connectivity index (χ2v) is 4.96. The van der Waals surface area contributed by atoms with Crippen molar-refractivity contribution in [3.8, 4) is 0 Å². The fourth-order valence-electron chi connectivity index (χ4n) is 1.59. The first-order chi connectivity index (χ1) is 8.08. The minimum Gasteiger partial charge on any atom is -0.382 e. The highest BCUT2D eigenvalue weighted by molar-refractivity contribution is 9.10. The van der Waals surface area contributed by atoms with Crippen molar-refractivity contribution < 1.29 is 4.39 Å². The van der Waals surface area contributed by atoms with Crippen molar-refractivity contribution in [3.63, 3.8) is 0 Å². The average Bonchev–Trinajstić information content (AvgIpc) is 2.27. The number of halogens is 3. The van der Waals surface area contributed by atoms with Gasteiger partial charge < -0.3 is 10.2 Å². The van der Waals surface area contributed by atoms with Crippen LogP contribution in [0.25, 0.3) is 0 Å². The molecule has 5 heteroatoms. The molecule has 1 N–H and O–H groups in total. The molecule has 0 spiro atoms. The number of nitrogens with zero attached hydrogens (tertiary/aromatic N) is 1. The number of nitrogens with one attached hydrogen (secondary N) is 1. The third kappa shape index (κ3) is 4.45.